The maximum atomic E-state index is 5.35. The lowest BCUT2D eigenvalue weighted by molar-refractivity contribution is 0.372. The smallest absolute Gasteiger partial charge is 0.191 e. The zero-order chi connectivity index (χ0) is 19.1. The van der Waals surface area contributed by atoms with Gasteiger partial charge in [0, 0.05) is 31.2 Å². The highest BCUT2D eigenvalue weighted by Gasteiger charge is 2.08. The second kappa shape index (κ2) is 10.8. The summed E-state index contributed by atoms with van der Waals surface area (Å²) in [6, 6.07) is 5.94. The molecule has 2 N–H and O–H groups in total. The predicted octanol–water partition coefficient (Wildman–Crippen LogP) is 3.25. The first-order valence-electron chi connectivity index (χ1n) is 9.06. The summed E-state index contributed by atoms with van der Waals surface area (Å²) in [6.45, 7) is 8.05. The molecule has 28 heavy (non-hydrogen) atoms. The Morgan fingerprint density at radius 3 is 2.75 bits per heavy atom. The molecule has 3 aromatic heterocycles. The first-order chi connectivity index (χ1) is 13.2. The lowest BCUT2D eigenvalue weighted by Gasteiger charge is -2.10. The third-order valence-electron chi connectivity index (χ3n) is 3.94. The van der Waals surface area contributed by atoms with Gasteiger partial charge in [0.1, 0.15) is 12.1 Å². The predicted molar refractivity (Wildman–Crippen MR) is 119 cm³/mol. The van der Waals surface area contributed by atoms with Crippen LogP contribution in [0.3, 0.4) is 0 Å². The number of nitrogens with one attached hydrogen (secondary N) is 2. The van der Waals surface area contributed by atoms with E-state index < -0.39 is 0 Å². The van der Waals surface area contributed by atoms with Gasteiger partial charge in [-0.05, 0) is 24.5 Å². The molecule has 0 unspecified atom stereocenters. The van der Waals surface area contributed by atoms with E-state index in [-0.39, 0.29) is 24.0 Å². The van der Waals surface area contributed by atoms with Gasteiger partial charge in [0.2, 0.25) is 0 Å². The first kappa shape index (κ1) is 21.9. The fraction of sp³-hybridized carbons (Fsp3) is 0.368. The SMILES string of the molecule is CCNC(=NCc1ccc(-n2ccnc2)nc1)NCc1cc(C(C)C)no1.I. The van der Waals surface area contributed by atoms with Gasteiger partial charge in [-0.25, -0.2) is 15.0 Å². The van der Waals surface area contributed by atoms with Crippen molar-refractivity contribution in [3.05, 3.63) is 60.1 Å². The average Bonchev–Trinajstić information content (AvgIpc) is 3.36. The van der Waals surface area contributed by atoms with Gasteiger partial charge >= 0.3 is 0 Å². The summed E-state index contributed by atoms with van der Waals surface area (Å²) < 4.78 is 7.22. The van der Waals surface area contributed by atoms with Crippen LogP contribution in [-0.2, 0) is 13.1 Å². The molecule has 8 nitrogen and oxygen atoms in total. The van der Waals surface area contributed by atoms with Crippen LogP contribution in [0, 0.1) is 0 Å². The summed E-state index contributed by atoms with van der Waals surface area (Å²) >= 11 is 0. The molecule has 9 heteroatoms. The zero-order valence-corrected chi connectivity index (χ0v) is 18.6. The van der Waals surface area contributed by atoms with E-state index in [9.17, 15) is 0 Å². The minimum atomic E-state index is 0. The number of aliphatic imine (C=N–C) groups is 1. The number of guanidine groups is 1. The Hall–Kier alpha value is -2.43. The van der Waals surface area contributed by atoms with Crippen molar-refractivity contribution < 1.29 is 4.52 Å². The molecule has 0 aliphatic rings. The highest BCUT2D eigenvalue weighted by atomic mass is 127. The van der Waals surface area contributed by atoms with E-state index in [1.807, 2.05) is 42.1 Å². The lowest BCUT2D eigenvalue weighted by atomic mass is 10.1. The average molecular weight is 495 g/mol. The van der Waals surface area contributed by atoms with Crippen molar-refractivity contribution in [1.82, 2.24) is 30.3 Å². The van der Waals surface area contributed by atoms with E-state index >= 15 is 0 Å². The molecule has 3 aromatic rings. The molecular weight excluding hydrogens is 469 g/mol. The van der Waals surface area contributed by atoms with Crippen LogP contribution in [0.4, 0.5) is 0 Å². The highest BCUT2D eigenvalue weighted by molar-refractivity contribution is 14.0. The number of aromatic nitrogens is 4. The first-order valence-corrected chi connectivity index (χ1v) is 9.06. The molecule has 0 aromatic carbocycles. The zero-order valence-electron chi connectivity index (χ0n) is 16.3. The van der Waals surface area contributed by atoms with E-state index in [1.54, 1.807) is 12.5 Å². The number of imidazole rings is 1. The molecule has 0 aliphatic carbocycles. The van der Waals surface area contributed by atoms with Gasteiger partial charge in [0.05, 0.1) is 18.8 Å². The van der Waals surface area contributed by atoms with Crippen LogP contribution in [0.2, 0.25) is 0 Å². The lowest BCUT2D eigenvalue weighted by Crippen LogP contribution is -2.36. The minimum absolute atomic E-state index is 0. The summed E-state index contributed by atoms with van der Waals surface area (Å²) in [5.74, 6) is 2.69. The van der Waals surface area contributed by atoms with Gasteiger partial charge in [-0.1, -0.05) is 25.1 Å². The molecule has 3 heterocycles. The number of pyridine rings is 1. The summed E-state index contributed by atoms with van der Waals surface area (Å²) in [5, 5.41) is 10.6. The van der Waals surface area contributed by atoms with Crippen molar-refractivity contribution in [2.24, 2.45) is 4.99 Å². The Bertz CT molecular complexity index is 857. The van der Waals surface area contributed by atoms with Crippen molar-refractivity contribution in [3.63, 3.8) is 0 Å². The molecule has 0 spiro atoms. The largest absolute Gasteiger partial charge is 0.359 e. The Balaban J connectivity index is 0.00000280. The second-order valence-electron chi connectivity index (χ2n) is 6.42. The standard InChI is InChI=1S/C19H25N7O.HI/c1-4-21-19(24-12-16-9-17(14(2)3)25-27-16)23-11-15-5-6-18(22-10-15)26-8-7-20-13-26;/h5-10,13-14H,4,11-12H2,1-3H3,(H2,21,23,24);1H. The summed E-state index contributed by atoms with van der Waals surface area (Å²) in [6.07, 6.45) is 7.14. The number of nitrogens with zero attached hydrogens (tertiary/aromatic N) is 5. The number of halogens is 1. The van der Waals surface area contributed by atoms with Crippen molar-refractivity contribution in [3.8, 4) is 5.82 Å². The van der Waals surface area contributed by atoms with E-state index in [2.05, 4.69) is 44.6 Å². The van der Waals surface area contributed by atoms with Crippen LogP contribution >= 0.6 is 24.0 Å². The fourth-order valence-electron chi connectivity index (χ4n) is 2.42. The summed E-state index contributed by atoms with van der Waals surface area (Å²) in [7, 11) is 0. The Labute approximate surface area is 181 Å². The van der Waals surface area contributed by atoms with Crippen LogP contribution in [0.25, 0.3) is 5.82 Å². The van der Waals surface area contributed by atoms with Crippen molar-refractivity contribution in [2.75, 3.05) is 6.54 Å². The van der Waals surface area contributed by atoms with Crippen molar-refractivity contribution >= 4 is 29.9 Å². The van der Waals surface area contributed by atoms with Gasteiger partial charge in [-0.15, -0.1) is 24.0 Å². The van der Waals surface area contributed by atoms with E-state index in [0.717, 1.165) is 35.3 Å². The highest BCUT2D eigenvalue weighted by Crippen LogP contribution is 2.13. The molecule has 0 aliphatic heterocycles. The summed E-state index contributed by atoms with van der Waals surface area (Å²) in [4.78, 5) is 13.1. The second-order valence-corrected chi connectivity index (χ2v) is 6.42. The Kier molecular flexibility index (Phi) is 8.42. The van der Waals surface area contributed by atoms with E-state index in [0.29, 0.717) is 19.0 Å². The van der Waals surface area contributed by atoms with Crippen LogP contribution < -0.4 is 10.6 Å². The summed E-state index contributed by atoms with van der Waals surface area (Å²) in [5.41, 5.74) is 1.98. The maximum absolute atomic E-state index is 5.35. The van der Waals surface area contributed by atoms with Crippen LogP contribution in [0.1, 0.15) is 43.7 Å². The molecule has 0 atom stereocenters. The molecule has 150 valence electrons. The molecule has 0 saturated carbocycles. The quantitative estimate of drug-likeness (QED) is 0.297. The maximum Gasteiger partial charge on any atom is 0.191 e. The van der Waals surface area contributed by atoms with Crippen LogP contribution in [0.5, 0.6) is 0 Å². The fourth-order valence-corrected chi connectivity index (χ4v) is 2.42. The molecule has 0 bridgehead atoms. The van der Waals surface area contributed by atoms with E-state index in [1.165, 1.54) is 0 Å². The third-order valence-corrected chi connectivity index (χ3v) is 3.94. The van der Waals surface area contributed by atoms with Gasteiger partial charge in [-0.3, -0.25) is 4.57 Å². The number of hydrogen-bond donors (Lipinski definition) is 2. The molecule has 3 rings (SSSR count). The third kappa shape index (κ3) is 6.04. The van der Waals surface area contributed by atoms with Gasteiger partial charge in [-0.2, -0.15) is 0 Å². The van der Waals surface area contributed by atoms with Gasteiger partial charge in [0.25, 0.3) is 0 Å². The minimum Gasteiger partial charge on any atom is -0.359 e. The van der Waals surface area contributed by atoms with Crippen LogP contribution in [-0.4, -0.2) is 32.2 Å². The topological polar surface area (TPSA) is 93.2 Å². The number of hydrogen-bond acceptors (Lipinski definition) is 5. The van der Waals surface area contributed by atoms with Crippen molar-refractivity contribution in [2.45, 2.75) is 39.8 Å². The molecular formula is C19H26IN7O. The molecule has 0 amide bonds. The van der Waals surface area contributed by atoms with Crippen molar-refractivity contribution in [1.29, 1.82) is 0 Å². The van der Waals surface area contributed by atoms with Gasteiger partial charge < -0.3 is 15.2 Å². The normalized spacial score (nSPS) is 11.4. The van der Waals surface area contributed by atoms with Crippen LogP contribution in [0.15, 0.2) is 52.6 Å². The molecule has 0 fully saturated rings. The monoisotopic (exact) mass is 495 g/mol. The Morgan fingerprint density at radius 2 is 2.14 bits per heavy atom. The molecule has 0 saturated heterocycles. The molecule has 0 radical (unpaired) electrons. The number of rotatable bonds is 7. The van der Waals surface area contributed by atoms with E-state index in [4.69, 9.17) is 4.52 Å². The Morgan fingerprint density at radius 1 is 1.29 bits per heavy atom. The van der Waals surface area contributed by atoms with Gasteiger partial charge in [0.15, 0.2) is 11.7 Å².